The molecule has 5 heteroatoms. The summed E-state index contributed by atoms with van der Waals surface area (Å²) in [6, 6.07) is 8.85. The zero-order chi connectivity index (χ0) is 12.7. The number of fused-ring (bicyclic) bond motifs is 1. The maximum Gasteiger partial charge on any atom is 0.250 e. The van der Waals surface area contributed by atoms with E-state index in [0.717, 1.165) is 16.6 Å². The van der Waals surface area contributed by atoms with Crippen LogP contribution in [-0.4, -0.2) is 14.5 Å². The van der Waals surface area contributed by atoms with Crippen molar-refractivity contribution in [3.05, 3.63) is 51.9 Å². The third kappa shape index (κ3) is 1.80. The van der Waals surface area contributed by atoms with E-state index in [0.29, 0.717) is 10.8 Å². The van der Waals surface area contributed by atoms with Gasteiger partial charge in [0, 0.05) is 29.9 Å². The SMILES string of the molecule is Cn1ccc(-c2nc3ccc(Cl)cc3[nH]2)cc1=O. The zero-order valence-electron chi connectivity index (χ0n) is 9.64. The van der Waals surface area contributed by atoms with Crippen LogP contribution in [0.15, 0.2) is 41.3 Å². The Hall–Kier alpha value is -2.07. The molecule has 2 heterocycles. The van der Waals surface area contributed by atoms with E-state index in [1.165, 1.54) is 4.57 Å². The standard InChI is InChI=1S/C13H10ClN3O/c1-17-5-4-8(6-12(17)18)13-15-10-3-2-9(14)7-11(10)16-13/h2-7H,1H3,(H,15,16). The molecule has 4 nitrogen and oxygen atoms in total. The van der Waals surface area contributed by atoms with E-state index >= 15 is 0 Å². The van der Waals surface area contributed by atoms with Crippen LogP contribution < -0.4 is 5.56 Å². The number of aromatic amines is 1. The Morgan fingerprint density at radius 1 is 1.28 bits per heavy atom. The van der Waals surface area contributed by atoms with Gasteiger partial charge in [-0.05, 0) is 24.3 Å². The average molecular weight is 260 g/mol. The molecule has 90 valence electrons. The molecule has 0 saturated heterocycles. The van der Waals surface area contributed by atoms with Crippen molar-refractivity contribution < 1.29 is 0 Å². The Morgan fingerprint density at radius 3 is 2.89 bits per heavy atom. The van der Waals surface area contributed by atoms with Gasteiger partial charge in [-0.2, -0.15) is 0 Å². The van der Waals surface area contributed by atoms with Gasteiger partial charge in [-0.15, -0.1) is 0 Å². The number of halogens is 1. The number of nitrogens with zero attached hydrogens (tertiary/aromatic N) is 2. The second-order valence-corrected chi connectivity index (χ2v) is 4.55. The van der Waals surface area contributed by atoms with Crippen molar-refractivity contribution >= 4 is 22.6 Å². The van der Waals surface area contributed by atoms with Crippen molar-refractivity contribution in [3.8, 4) is 11.4 Å². The number of imidazole rings is 1. The van der Waals surface area contributed by atoms with Crippen LogP contribution in [-0.2, 0) is 7.05 Å². The Balaban J connectivity index is 2.19. The number of benzene rings is 1. The number of aryl methyl sites for hydroxylation is 1. The van der Waals surface area contributed by atoms with Crippen LogP contribution >= 0.6 is 11.6 Å². The quantitative estimate of drug-likeness (QED) is 0.730. The first kappa shape index (κ1) is 11.0. The van der Waals surface area contributed by atoms with Gasteiger partial charge >= 0.3 is 0 Å². The number of rotatable bonds is 1. The summed E-state index contributed by atoms with van der Waals surface area (Å²) < 4.78 is 1.52. The summed E-state index contributed by atoms with van der Waals surface area (Å²) in [5, 5.41) is 0.654. The molecule has 0 atom stereocenters. The Kier molecular flexibility index (Phi) is 2.45. The maximum absolute atomic E-state index is 11.6. The maximum atomic E-state index is 11.6. The lowest BCUT2D eigenvalue weighted by Gasteiger charge is -1.98. The molecule has 2 aromatic heterocycles. The second-order valence-electron chi connectivity index (χ2n) is 4.11. The summed E-state index contributed by atoms with van der Waals surface area (Å²) in [5.41, 5.74) is 2.39. The number of hydrogen-bond donors (Lipinski definition) is 1. The van der Waals surface area contributed by atoms with Gasteiger partial charge < -0.3 is 9.55 Å². The summed E-state index contributed by atoms with van der Waals surface area (Å²) in [4.78, 5) is 19.2. The minimum Gasteiger partial charge on any atom is -0.338 e. The van der Waals surface area contributed by atoms with E-state index in [9.17, 15) is 4.79 Å². The highest BCUT2D eigenvalue weighted by atomic mass is 35.5. The van der Waals surface area contributed by atoms with Gasteiger partial charge in [-0.3, -0.25) is 4.79 Å². The molecule has 0 saturated carbocycles. The summed E-state index contributed by atoms with van der Waals surface area (Å²) >= 11 is 5.92. The predicted octanol–water partition coefficient (Wildman–Crippen LogP) is 2.58. The first-order chi connectivity index (χ1) is 8.63. The lowest BCUT2D eigenvalue weighted by Crippen LogP contribution is -2.14. The van der Waals surface area contributed by atoms with Crippen molar-refractivity contribution in [2.45, 2.75) is 0 Å². The Bertz CT molecular complexity index is 788. The molecule has 0 unspecified atom stereocenters. The third-order valence-corrected chi connectivity index (χ3v) is 3.06. The number of aromatic nitrogens is 3. The number of nitrogens with one attached hydrogen (secondary N) is 1. The van der Waals surface area contributed by atoms with Crippen LogP contribution in [0.4, 0.5) is 0 Å². The van der Waals surface area contributed by atoms with Crippen LogP contribution in [0.2, 0.25) is 5.02 Å². The van der Waals surface area contributed by atoms with E-state index in [4.69, 9.17) is 11.6 Å². The van der Waals surface area contributed by atoms with Gasteiger partial charge in [0.25, 0.3) is 5.56 Å². The van der Waals surface area contributed by atoms with Crippen molar-refractivity contribution in [2.75, 3.05) is 0 Å². The molecular weight excluding hydrogens is 250 g/mol. The molecule has 3 rings (SSSR count). The van der Waals surface area contributed by atoms with Gasteiger partial charge in [-0.1, -0.05) is 11.6 Å². The Morgan fingerprint density at radius 2 is 2.11 bits per heavy atom. The van der Waals surface area contributed by atoms with Crippen molar-refractivity contribution in [1.29, 1.82) is 0 Å². The third-order valence-electron chi connectivity index (χ3n) is 2.82. The van der Waals surface area contributed by atoms with E-state index in [-0.39, 0.29) is 5.56 Å². The molecule has 1 aromatic carbocycles. The Labute approximate surface area is 108 Å². The molecule has 1 N–H and O–H groups in total. The van der Waals surface area contributed by atoms with Gasteiger partial charge in [0.1, 0.15) is 5.82 Å². The van der Waals surface area contributed by atoms with Crippen molar-refractivity contribution in [3.63, 3.8) is 0 Å². The topological polar surface area (TPSA) is 50.7 Å². The predicted molar refractivity (Wildman–Crippen MR) is 71.8 cm³/mol. The number of pyridine rings is 1. The fourth-order valence-electron chi connectivity index (χ4n) is 1.81. The lowest BCUT2D eigenvalue weighted by atomic mass is 10.2. The number of H-pyrrole nitrogens is 1. The molecular formula is C13H10ClN3O. The van der Waals surface area contributed by atoms with Crippen LogP contribution in [0, 0.1) is 0 Å². The van der Waals surface area contributed by atoms with Crippen molar-refractivity contribution in [2.24, 2.45) is 7.05 Å². The van der Waals surface area contributed by atoms with Crippen LogP contribution in [0.1, 0.15) is 0 Å². The molecule has 0 aliphatic rings. The summed E-state index contributed by atoms with van der Waals surface area (Å²) in [6.45, 7) is 0. The van der Waals surface area contributed by atoms with Gasteiger partial charge in [-0.25, -0.2) is 4.98 Å². The molecule has 0 aliphatic heterocycles. The fourth-order valence-corrected chi connectivity index (χ4v) is 1.99. The van der Waals surface area contributed by atoms with E-state index in [1.54, 1.807) is 25.4 Å². The monoisotopic (exact) mass is 259 g/mol. The van der Waals surface area contributed by atoms with Gasteiger partial charge in [0.2, 0.25) is 0 Å². The summed E-state index contributed by atoms with van der Waals surface area (Å²) in [5.74, 6) is 0.671. The highest BCUT2D eigenvalue weighted by molar-refractivity contribution is 6.31. The minimum atomic E-state index is -0.0639. The molecule has 0 spiro atoms. The molecule has 0 bridgehead atoms. The van der Waals surface area contributed by atoms with Gasteiger partial charge in [0.15, 0.2) is 0 Å². The van der Waals surface area contributed by atoms with Crippen molar-refractivity contribution in [1.82, 2.24) is 14.5 Å². The highest BCUT2D eigenvalue weighted by Crippen LogP contribution is 2.21. The molecule has 3 aromatic rings. The van der Waals surface area contributed by atoms with E-state index in [2.05, 4.69) is 9.97 Å². The highest BCUT2D eigenvalue weighted by Gasteiger charge is 2.06. The van der Waals surface area contributed by atoms with Crippen LogP contribution in [0.25, 0.3) is 22.4 Å². The average Bonchev–Trinajstić information content (AvgIpc) is 2.75. The first-order valence-electron chi connectivity index (χ1n) is 5.46. The lowest BCUT2D eigenvalue weighted by molar-refractivity contribution is 0.860. The molecule has 0 fully saturated rings. The summed E-state index contributed by atoms with van der Waals surface area (Å²) in [6.07, 6.45) is 1.72. The molecule has 0 radical (unpaired) electrons. The van der Waals surface area contributed by atoms with Crippen LogP contribution in [0.5, 0.6) is 0 Å². The molecule has 18 heavy (non-hydrogen) atoms. The smallest absolute Gasteiger partial charge is 0.250 e. The van der Waals surface area contributed by atoms with E-state index < -0.39 is 0 Å². The van der Waals surface area contributed by atoms with E-state index in [1.807, 2.05) is 18.2 Å². The van der Waals surface area contributed by atoms with Crippen LogP contribution in [0.3, 0.4) is 0 Å². The number of hydrogen-bond acceptors (Lipinski definition) is 2. The second kappa shape index (κ2) is 3.99. The molecule has 0 amide bonds. The molecule has 0 aliphatic carbocycles. The largest absolute Gasteiger partial charge is 0.338 e. The first-order valence-corrected chi connectivity index (χ1v) is 5.83. The van der Waals surface area contributed by atoms with Gasteiger partial charge in [0.05, 0.1) is 11.0 Å². The minimum absolute atomic E-state index is 0.0639. The summed E-state index contributed by atoms with van der Waals surface area (Å²) in [7, 11) is 1.71. The fraction of sp³-hybridized carbons (Fsp3) is 0.0769. The normalized spacial score (nSPS) is 11.0. The zero-order valence-corrected chi connectivity index (χ0v) is 10.4.